The van der Waals surface area contributed by atoms with Gasteiger partial charge in [-0.1, -0.05) is 12.2 Å². The maximum atomic E-state index is 11.3. The molecule has 0 fully saturated rings. The van der Waals surface area contributed by atoms with E-state index in [0.717, 1.165) is 0 Å². The molecule has 0 aromatic rings. The minimum absolute atomic E-state index is 0.0140. The summed E-state index contributed by atoms with van der Waals surface area (Å²) in [4.78, 5) is 0. The molecule has 0 atom stereocenters. The van der Waals surface area contributed by atoms with E-state index in [-0.39, 0.29) is 25.0 Å². The molecule has 0 radical (unpaired) electrons. The summed E-state index contributed by atoms with van der Waals surface area (Å²) in [6.45, 7) is 4.22. The Hall–Kier alpha value is -0.100. The maximum absolute atomic E-state index is 11.3. The molecular weight excluding hydrogens is 238 g/mol. The van der Waals surface area contributed by atoms with Gasteiger partial charge in [0.25, 0.3) is 0 Å². The summed E-state index contributed by atoms with van der Waals surface area (Å²) in [5.41, 5.74) is 0. The van der Waals surface area contributed by atoms with Crippen LogP contribution < -0.4 is 4.72 Å². The van der Waals surface area contributed by atoms with Crippen LogP contribution in [0.3, 0.4) is 0 Å². The Labute approximate surface area is 96.7 Å². The number of ether oxygens (including phenoxy) is 1. The number of alkyl halides is 1. The van der Waals surface area contributed by atoms with E-state index in [9.17, 15) is 8.42 Å². The number of sulfonamides is 1. The number of halogens is 1. The third-order valence-electron chi connectivity index (χ3n) is 1.48. The maximum Gasteiger partial charge on any atom is 0.214 e. The molecule has 0 rings (SSSR count). The average molecular weight is 256 g/mol. The molecule has 0 saturated carbocycles. The highest BCUT2D eigenvalue weighted by atomic mass is 35.5. The number of hydrogen-bond acceptors (Lipinski definition) is 3. The SMILES string of the molecule is CC(C)OCCS(=O)(=O)NC/C=C/CCl. The van der Waals surface area contributed by atoms with Crippen LogP contribution in [0.2, 0.25) is 0 Å². The second kappa shape index (κ2) is 8.10. The molecule has 4 nitrogen and oxygen atoms in total. The minimum Gasteiger partial charge on any atom is -0.378 e. The van der Waals surface area contributed by atoms with E-state index in [2.05, 4.69) is 4.72 Å². The lowest BCUT2D eigenvalue weighted by Crippen LogP contribution is -2.29. The lowest BCUT2D eigenvalue weighted by atomic mass is 10.5. The molecule has 0 unspecified atom stereocenters. The van der Waals surface area contributed by atoms with Crippen LogP contribution >= 0.6 is 11.6 Å². The van der Waals surface area contributed by atoms with Crippen molar-refractivity contribution in [3.05, 3.63) is 12.2 Å². The molecule has 0 aromatic carbocycles. The van der Waals surface area contributed by atoms with Crippen molar-refractivity contribution in [3.8, 4) is 0 Å². The van der Waals surface area contributed by atoms with Gasteiger partial charge in [0.15, 0.2) is 0 Å². The monoisotopic (exact) mass is 255 g/mol. The van der Waals surface area contributed by atoms with Crippen molar-refractivity contribution in [2.75, 3.05) is 24.8 Å². The molecule has 0 aliphatic heterocycles. The lowest BCUT2D eigenvalue weighted by Gasteiger charge is -2.08. The van der Waals surface area contributed by atoms with E-state index in [4.69, 9.17) is 16.3 Å². The van der Waals surface area contributed by atoms with Gasteiger partial charge in [0.1, 0.15) is 0 Å². The molecule has 0 aliphatic carbocycles. The van der Waals surface area contributed by atoms with Crippen molar-refractivity contribution in [2.24, 2.45) is 0 Å². The second-order valence-electron chi connectivity index (χ2n) is 3.21. The number of rotatable bonds is 8. The summed E-state index contributed by atoms with van der Waals surface area (Å²) in [6.07, 6.45) is 3.42. The molecule has 0 aromatic heterocycles. The molecule has 0 bridgehead atoms. The fourth-order valence-corrected chi connectivity index (χ4v) is 1.72. The minimum atomic E-state index is -3.23. The molecular formula is C9H18ClNO3S. The van der Waals surface area contributed by atoms with Gasteiger partial charge < -0.3 is 4.74 Å². The van der Waals surface area contributed by atoms with Crippen molar-refractivity contribution >= 4 is 21.6 Å². The van der Waals surface area contributed by atoms with E-state index < -0.39 is 10.0 Å². The fraction of sp³-hybridized carbons (Fsp3) is 0.778. The van der Waals surface area contributed by atoms with Gasteiger partial charge in [-0.15, -0.1) is 11.6 Å². The molecule has 0 saturated heterocycles. The van der Waals surface area contributed by atoms with Crippen LogP contribution in [0.5, 0.6) is 0 Å². The Morgan fingerprint density at radius 3 is 2.60 bits per heavy atom. The Morgan fingerprint density at radius 2 is 2.07 bits per heavy atom. The van der Waals surface area contributed by atoms with Crippen LogP contribution in [0.1, 0.15) is 13.8 Å². The highest BCUT2D eigenvalue weighted by Crippen LogP contribution is 1.90. The molecule has 6 heteroatoms. The summed E-state index contributed by atoms with van der Waals surface area (Å²) < 4.78 is 30.2. The van der Waals surface area contributed by atoms with Crippen LogP contribution in [0.4, 0.5) is 0 Å². The Bertz CT molecular complexity index is 275. The summed E-state index contributed by atoms with van der Waals surface area (Å²) in [6, 6.07) is 0. The first-order chi connectivity index (χ1) is 6.98. The lowest BCUT2D eigenvalue weighted by molar-refractivity contribution is 0.0911. The van der Waals surface area contributed by atoms with Gasteiger partial charge in [0.2, 0.25) is 10.0 Å². The number of nitrogens with one attached hydrogen (secondary N) is 1. The quantitative estimate of drug-likeness (QED) is 0.523. The molecule has 0 amide bonds. The largest absolute Gasteiger partial charge is 0.378 e. The normalized spacial score (nSPS) is 12.8. The highest BCUT2D eigenvalue weighted by Gasteiger charge is 2.08. The number of hydrogen-bond donors (Lipinski definition) is 1. The Morgan fingerprint density at radius 1 is 1.40 bits per heavy atom. The molecule has 0 heterocycles. The second-order valence-corrected chi connectivity index (χ2v) is 5.45. The predicted octanol–water partition coefficient (Wildman–Crippen LogP) is 1.13. The summed E-state index contributed by atoms with van der Waals surface area (Å²) >= 11 is 5.39. The molecule has 15 heavy (non-hydrogen) atoms. The Balaban J connectivity index is 3.73. The van der Waals surface area contributed by atoms with E-state index in [0.29, 0.717) is 5.88 Å². The van der Waals surface area contributed by atoms with Crippen LogP contribution in [-0.4, -0.2) is 39.3 Å². The van der Waals surface area contributed by atoms with Crippen molar-refractivity contribution < 1.29 is 13.2 Å². The first kappa shape index (κ1) is 14.9. The first-order valence-electron chi connectivity index (χ1n) is 4.78. The molecule has 90 valence electrons. The average Bonchev–Trinajstić information content (AvgIpc) is 2.11. The smallest absolute Gasteiger partial charge is 0.214 e. The number of allylic oxidation sites excluding steroid dienone is 1. The van der Waals surface area contributed by atoms with Crippen molar-refractivity contribution in [1.29, 1.82) is 0 Å². The fourth-order valence-electron chi connectivity index (χ4n) is 0.787. The van der Waals surface area contributed by atoms with Gasteiger partial charge in [-0.3, -0.25) is 0 Å². The van der Waals surface area contributed by atoms with E-state index in [1.165, 1.54) is 0 Å². The van der Waals surface area contributed by atoms with Gasteiger partial charge in [0.05, 0.1) is 18.5 Å². The van der Waals surface area contributed by atoms with Gasteiger partial charge in [-0.25, -0.2) is 13.1 Å². The topological polar surface area (TPSA) is 55.4 Å². The third kappa shape index (κ3) is 10.2. The first-order valence-corrected chi connectivity index (χ1v) is 6.96. The summed E-state index contributed by atoms with van der Waals surface area (Å²) in [5.74, 6) is 0.373. The third-order valence-corrected chi connectivity index (χ3v) is 2.97. The predicted molar refractivity (Wildman–Crippen MR) is 62.7 cm³/mol. The summed E-state index contributed by atoms with van der Waals surface area (Å²) in [7, 11) is -3.23. The van der Waals surface area contributed by atoms with Gasteiger partial charge >= 0.3 is 0 Å². The van der Waals surface area contributed by atoms with E-state index >= 15 is 0 Å². The zero-order chi connectivity index (χ0) is 11.7. The van der Waals surface area contributed by atoms with Crippen LogP contribution in [0.15, 0.2) is 12.2 Å². The van der Waals surface area contributed by atoms with Crippen LogP contribution in [0.25, 0.3) is 0 Å². The zero-order valence-electron chi connectivity index (χ0n) is 9.07. The van der Waals surface area contributed by atoms with E-state index in [1.807, 2.05) is 13.8 Å². The molecule has 0 spiro atoms. The summed E-state index contributed by atoms with van der Waals surface area (Å²) in [5, 5.41) is 0. The van der Waals surface area contributed by atoms with Crippen molar-refractivity contribution in [2.45, 2.75) is 20.0 Å². The van der Waals surface area contributed by atoms with Crippen molar-refractivity contribution in [1.82, 2.24) is 4.72 Å². The van der Waals surface area contributed by atoms with E-state index in [1.54, 1.807) is 12.2 Å². The standard InChI is InChI=1S/C9H18ClNO3S/c1-9(2)14-7-8-15(12,13)11-6-4-3-5-10/h3-4,9,11H,5-8H2,1-2H3/b4-3+. The van der Waals surface area contributed by atoms with Crippen LogP contribution in [0, 0.1) is 0 Å². The zero-order valence-corrected chi connectivity index (χ0v) is 10.6. The Kier molecular flexibility index (Phi) is 8.04. The molecule has 0 aliphatic rings. The van der Waals surface area contributed by atoms with Crippen molar-refractivity contribution in [3.63, 3.8) is 0 Å². The highest BCUT2D eigenvalue weighted by molar-refractivity contribution is 7.89. The van der Waals surface area contributed by atoms with Crippen LogP contribution in [-0.2, 0) is 14.8 Å². The molecule has 1 N–H and O–H groups in total. The van der Waals surface area contributed by atoms with Gasteiger partial charge in [-0.2, -0.15) is 0 Å². The van der Waals surface area contributed by atoms with Gasteiger partial charge in [-0.05, 0) is 13.8 Å². The van der Waals surface area contributed by atoms with Gasteiger partial charge in [0, 0.05) is 12.4 Å².